The fourth-order valence-corrected chi connectivity index (χ4v) is 3.09. The Morgan fingerprint density at radius 1 is 1.12 bits per heavy atom. The zero-order valence-electron chi connectivity index (χ0n) is 14.4. The number of nitrogens with zero attached hydrogens (tertiary/aromatic N) is 1. The number of carbonyl (C=O) groups excluding carboxylic acids is 2. The van der Waals surface area contributed by atoms with E-state index in [9.17, 15) is 9.59 Å². The Balaban J connectivity index is 1.55. The molecule has 5 heteroatoms. The fourth-order valence-electron chi connectivity index (χ4n) is 3.09. The fraction of sp³-hybridized carbons (Fsp3) is 0.350. The van der Waals surface area contributed by atoms with E-state index in [1.165, 1.54) is 0 Å². The van der Waals surface area contributed by atoms with E-state index in [0.29, 0.717) is 17.9 Å². The van der Waals surface area contributed by atoms with Crippen molar-refractivity contribution >= 4 is 17.6 Å². The van der Waals surface area contributed by atoms with E-state index in [-0.39, 0.29) is 17.7 Å². The average Bonchev–Trinajstić information content (AvgIpc) is 3.17. The van der Waals surface area contributed by atoms with Crippen molar-refractivity contribution in [3.63, 3.8) is 0 Å². The molecule has 0 spiro atoms. The van der Waals surface area contributed by atoms with Gasteiger partial charge in [-0.2, -0.15) is 0 Å². The molecule has 1 fully saturated rings. The van der Waals surface area contributed by atoms with Crippen LogP contribution in [0.1, 0.15) is 47.2 Å². The highest BCUT2D eigenvalue weighted by Crippen LogP contribution is 2.24. The topological polar surface area (TPSA) is 71.1 Å². The Morgan fingerprint density at radius 2 is 1.84 bits per heavy atom. The smallest absolute Gasteiger partial charge is 0.256 e. The molecule has 1 aromatic carbocycles. The molecule has 0 atom stereocenters. The molecule has 2 N–H and O–H groups in total. The van der Waals surface area contributed by atoms with Gasteiger partial charge < -0.3 is 10.6 Å². The molecule has 2 amide bonds. The Labute approximate surface area is 147 Å². The highest BCUT2D eigenvalue weighted by atomic mass is 16.2. The van der Waals surface area contributed by atoms with Crippen LogP contribution >= 0.6 is 0 Å². The quantitative estimate of drug-likeness (QED) is 0.878. The Morgan fingerprint density at radius 3 is 2.52 bits per heavy atom. The summed E-state index contributed by atoms with van der Waals surface area (Å²) in [6, 6.07) is 11.0. The first-order valence-corrected chi connectivity index (χ1v) is 8.73. The highest BCUT2D eigenvalue weighted by molar-refractivity contribution is 6.04. The van der Waals surface area contributed by atoms with Gasteiger partial charge in [0.05, 0.1) is 0 Å². The molecule has 1 aliphatic rings. The van der Waals surface area contributed by atoms with Crippen LogP contribution in [0.3, 0.4) is 0 Å². The standard InChI is InChI=1S/C20H23N3O2/c1-14-5-4-12-21-18(14)23-20(25)17-10-8-15(9-11-17)13-22-19(24)16-6-2-3-7-16/h4-5,8-12,16H,2-3,6-7,13H2,1H3,(H,22,24)(H,21,23,25). The molecular formula is C20H23N3O2. The van der Waals surface area contributed by atoms with Crippen LogP contribution in [0.25, 0.3) is 0 Å². The van der Waals surface area contributed by atoms with Crippen molar-refractivity contribution in [2.75, 3.05) is 5.32 Å². The van der Waals surface area contributed by atoms with Crippen LogP contribution < -0.4 is 10.6 Å². The molecule has 1 heterocycles. The summed E-state index contributed by atoms with van der Waals surface area (Å²) in [5.74, 6) is 0.695. The predicted octanol–water partition coefficient (Wildman–Crippen LogP) is 3.45. The number of aryl methyl sites for hydroxylation is 1. The summed E-state index contributed by atoms with van der Waals surface area (Å²) in [4.78, 5) is 28.5. The summed E-state index contributed by atoms with van der Waals surface area (Å²) in [6.45, 7) is 2.40. The summed E-state index contributed by atoms with van der Waals surface area (Å²) in [6.07, 6.45) is 5.95. The normalized spacial score (nSPS) is 14.3. The molecule has 25 heavy (non-hydrogen) atoms. The molecule has 130 valence electrons. The molecule has 1 aromatic heterocycles. The van der Waals surface area contributed by atoms with E-state index in [0.717, 1.165) is 36.8 Å². The highest BCUT2D eigenvalue weighted by Gasteiger charge is 2.22. The first-order chi connectivity index (χ1) is 12.1. The van der Waals surface area contributed by atoms with Crippen molar-refractivity contribution in [3.8, 4) is 0 Å². The van der Waals surface area contributed by atoms with E-state index in [1.54, 1.807) is 18.3 Å². The molecule has 0 aliphatic heterocycles. The van der Waals surface area contributed by atoms with Crippen LogP contribution in [-0.4, -0.2) is 16.8 Å². The van der Waals surface area contributed by atoms with Crippen molar-refractivity contribution in [1.29, 1.82) is 0 Å². The van der Waals surface area contributed by atoms with Gasteiger partial charge in [-0.15, -0.1) is 0 Å². The largest absolute Gasteiger partial charge is 0.352 e. The van der Waals surface area contributed by atoms with Gasteiger partial charge in [0.2, 0.25) is 5.91 Å². The van der Waals surface area contributed by atoms with Crippen molar-refractivity contribution in [2.45, 2.75) is 39.2 Å². The van der Waals surface area contributed by atoms with Crippen molar-refractivity contribution < 1.29 is 9.59 Å². The SMILES string of the molecule is Cc1cccnc1NC(=O)c1ccc(CNC(=O)C2CCCC2)cc1. The minimum Gasteiger partial charge on any atom is -0.352 e. The van der Waals surface area contributed by atoms with Gasteiger partial charge >= 0.3 is 0 Å². The number of benzene rings is 1. The Hall–Kier alpha value is -2.69. The minimum absolute atomic E-state index is 0.143. The predicted molar refractivity (Wildman–Crippen MR) is 97.2 cm³/mol. The van der Waals surface area contributed by atoms with Crippen LogP contribution in [0.4, 0.5) is 5.82 Å². The molecule has 3 rings (SSSR count). The summed E-state index contributed by atoms with van der Waals surface area (Å²) in [7, 11) is 0. The third kappa shape index (κ3) is 4.44. The lowest BCUT2D eigenvalue weighted by molar-refractivity contribution is -0.124. The number of hydrogen-bond acceptors (Lipinski definition) is 3. The number of amides is 2. The van der Waals surface area contributed by atoms with E-state index in [4.69, 9.17) is 0 Å². The van der Waals surface area contributed by atoms with Crippen LogP contribution in [0.5, 0.6) is 0 Å². The summed E-state index contributed by atoms with van der Waals surface area (Å²) in [5.41, 5.74) is 2.47. The number of anilines is 1. The second-order valence-electron chi connectivity index (χ2n) is 6.52. The maximum Gasteiger partial charge on any atom is 0.256 e. The zero-order valence-corrected chi connectivity index (χ0v) is 14.4. The third-order valence-corrected chi connectivity index (χ3v) is 4.65. The molecule has 0 saturated heterocycles. The number of aromatic nitrogens is 1. The van der Waals surface area contributed by atoms with Crippen molar-refractivity contribution in [3.05, 3.63) is 59.3 Å². The van der Waals surface area contributed by atoms with E-state index < -0.39 is 0 Å². The zero-order chi connectivity index (χ0) is 17.6. The third-order valence-electron chi connectivity index (χ3n) is 4.65. The number of nitrogens with one attached hydrogen (secondary N) is 2. The molecule has 1 saturated carbocycles. The Kier molecular flexibility index (Phi) is 5.43. The minimum atomic E-state index is -0.191. The lowest BCUT2D eigenvalue weighted by Crippen LogP contribution is -2.28. The molecule has 2 aromatic rings. The first kappa shape index (κ1) is 17.1. The van der Waals surface area contributed by atoms with E-state index in [2.05, 4.69) is 15.6 Å². The lowest BCUT2D eigenvalue weighted by Gasteiger charge is -2.11. The molecule has 1 aliphatic carbocycles. The van der Waals surface area contributed by atoms with Crippen LogP contribution in [0.15, 0.2) is 42.6 Å². The van der Waals surface area contributed by atoms with Crippen molar-refractivity contribution in [1.82, 2.24) is 10.3 Å². The summed E-state index contributed by atoms with van der Waals surface area (Å²) >= 11 is 0. The first-order valence-electron chi connectivity index (χ1n) is 8.73. The van der Waals surface area contributed by atoms with Gasteiger partial charge in [0.15, 0.2) is 0 Å². The van der Waals surface area contributed by atoms with Gasteiger partial charge in [-0.1, -0.05) is 31.0 Å². The molecule has 5 nitrogen and oxygen atoms in total. The maximum absolute atomic E-state index is 12.3. The monoisotopic (exact) mass is 337 g/mol. The molecule has 0 radical (unpaired) electrons. The van der Waals surface area contributed by atoms with Gasteiger partial charge in [-0.3, -0.25) is 9.59 Å². The summed E-state index contributed by atoms with van der Waals surface area (Å²) < 4.78 is 0. The van der Waals surface area contributed by atoms with E-state index >= 15 is 0 Å². The Bertz CT molecular complexity index is 750. The van der Waals surface area contributed by atoms with Gasteiger partial charge in [-0.05, 0) is 49.1 Å². The average molecular weight is 337 g/mol. The number of hydrogen-bond donors (Lipinski definition) is 2. The lowest BCUT2D eigenvalue weighted by atomic mass is 10.1. The molecular weight excluding hydrogens is 314 g/mol. The molecule has 0 bridgehead atoms. The number of rotatable bonds is 5. The van der Waals surface area contributed by atoms with Crippen LogP contribution in [0, 0.1) is 12.8 Å². The maximum atomic E-state index is 12.3. The van der Waals surface area contributed by atoms with Gasteiger partial charge in [0.25, 0.3) is 5.91 Å². The van der Waals surface area contributed by atoms with Gasteiger partial charge in [-0.25, -0.2) is 4.98 Å². The van der Waals surface area contributed by atoms with Gasteiger partial charge in [0.1, 0.15) is 5.82 Å². The number of pyridine rings is 1. The summed E-state index contributed by atoms with van der Waals surface area (Å²) in [5, 5.41) is 5.80. The molecule has 0 unspecified atom stereocenters. The number of carbonyl (C=O) groups is 2. The second kappa shape index (κ2) is 7.92. The van der Waals surface area contributed by atoms with Crippen LogP contribution in [0.2, 0.25) is 0 Å². The second-order valence-corrected chi connectivity index (χ2v) is 6.52. The van der Waals surface area contributed by atoms with Crippen molar-refractivity contribution in [2.24, 2.45) is 5.92 Å². The van der Waals surface area contributed by atoms with E-state index in [1.807, 2.05) is 31.2 Å². The van der Waals surface area contributed by atoms with Gasteiger partial charge in [0, 0.05) is 24.2 Å². The van der Waals surface area contributed by atoms with Crippen LogP contribution in [-0.2, 0) is 11.3 Å².